The first-order chi connectivity index (χ1) is 10.3. The summed E-state index contributed by atoms with van der Waals surface area (Å²) in [6.07, 6.45) is 8.64. The summed E-state index contributed by atoms with van der Waals surface area (Å²) in [5.41, 5.74) is 8.24. The van der Waals surface area contributed by atoms with E-state index in [1.807, 2.05) is 0 Å². The van der Waals surface area contributed by atoms with Gasteiger partial charge in [-0.05, 0) is 50.3 Å². The maximum atomic E-state index is 5.76. The minimum atomic E-state index is 0.700. The molecule has 0 bridgehead atoms. The first kappa shape index (κ1) is 14.6. The van der Waals surface area contributed by atoms with Gasteiger partial charge >= 0.3 is 0 Å². The number of rotatable bonds is 8. The van der Waals surface area contributed by atoms with Crippen LogP contribution in [0.25, 0.3) is 11.0 Å². The first-order valence-electron chi connectivity index (χ1n) is 8.49. The van der Waals surface area contributed by atoms with E-state index in [9.17, 15) is 0 Å². The van der Waals surface area contributed by atoms with Gasteiger partial charge in [0.05, 0.1) is 11.0 Å². The molecule has 0 spiro atoms. The van der Waals surface area contributed by atoms with Crippen LogP contribution in [0.15, 0.2) is 24.3 Å². The Labute approximate surface area is 127 Å². The summed E-state index contributed by atoms with van der Waals surface area (Å²) in [6, 6.07) is 9.27. The quantitative estimate of drug-likeness (QED) is 0.794. The molecule has 2 N–H and O–H groups in total. The molecule has 0 radical (unpaired) electrons. The third-order valence-electron chi connectivity index (χ3n) is 4.63. The smallest absolute Gasteiger partial charge is 0.110 e. The third-order valence-corrected chi connectivity index (χ3v) is 4.63. The van der Waals surface area contributed by atoms with E-state index >= 15 is 0 Å². The van der Waals surface area contributed by atoms with E-state index in [1.165, 1.54) is 43.4 Å². The highest BCUT2D eigenvalue weighted by molar-refractivity contribution is 5.76. The van der Waals surface area contributed by atoms with Gasteiger partial charge in [0.25, 0.3) is 0 Å². The van der Waals surface area contributed by atoms with Crippen LogP contribution in [-0.4, -0.2) is 16.1 Å². The van der Waals surface area contributed by atoms with Crippen molar-refractivity contribution in [3.63, 3.8) is 0 Å². The monoisotopic (exact) mass is 285 g/mol. The van der Waals surface area contributed by atoms with Crippen molar-refractivity contribution in [1.82, 2.24) is 9.55 Å². The van der Waals surface area contributed by atoms with Gasteiger partial charge in [-0.3, -0.25) is 0 Å². The average molecular weight is 285 g/mol. The molecule has 1 unspecified atom stereocenters. The van der Waals surface area contributed by atoms with Gasteiger partial charge < -0.3 is 10.3 Å². The Morgan fingerprint density at radius 3 is 2.76 bits per heavy atom. The Hall–Kier alpha value is -1.35. The molecule has 1 aliphatic rings. The minimum Gasteiger partial charge on any atom is -0.330 e. The van der Waals surface area contributed by atoms with E-state index in [0.717, 1.165) is 30.8 Å². The Balaban J connectivity index is 1.78. The Morgan fingerprint density at radius 1 is 1.24 bits per heavy atom. The van der Waals surface area contributed by atoms with E-state index in [2.05, 4.69) is 35.8 Å². The largest absolute Gasteiger partial charge is 0.330 e. The topological polar surface area (TPSA) is 43.8 Å². The van der Waals surface area contributed by atoms with Crippen LogP contribution in [0.5, 0.6) is 0 Å². The van der Waals surface area contributed by atoms with Crippen LogP contribution in [0.4, 0.5) is 0 Å². The Morgan fingerprint density at radius 2 is 2.05 bits per heavy atom. The predicted molar refractivity (Wildman–Crippen MR) is 88.4 cm³/mol. The van der Waals surface area contributed by atoms with E-state index < -0.39 is 0 Å². The van der Waals surface area contributed by atoms with E-state index in [1.54, 1.807) is 0 Å². The number of benzene rings is 1. The highest BCUT2D eigenvalue weighted by Crippen LogP contribution is 2.39. The Bertz CT molecular complexity index is 577. The number of aryl methyl sites for hydroxylation is 1. The molecule has 1 atom stereocenters. The standard InChI is InChI=1S/C18H27N3/c1-2-5-14(12-13-19)8-11-18-20-16-6-3-4-7-17(16)21(18)15-9-10-15/h3-4,6-7,14-15H,2,5,8-13,19H2,1H3. The van der Waals surface area contributed by atoms with Crippen molar-refractivity contribution < 1.29 is 0 Å². The van der Waals surface area contributed by atoms with Crippen LogP contribution >= 0.6 is 0 Å². The molecule has 0 amide bonds. The second-order valence-corrected chi connectivity index (χ2v) is 6.39. The molecule has 0 saturated heterocycles. The maximum absolute atomic E-state index is 5.76. The molecule has 1 aromatic carbocycles. The van der Waals surface area contributed by atoms with Gasteiger partial charge in [0.15, 0.2) is 0 Å². The van der Waals surface area contributed by atoms with Gasteiger partial charge in [0.1, 0.15) is 5.82 Å². The second-order valence-electron chi connectivity index (χ2n) is 6.39. The molecule has 2 aromatic rings. The van der Waals surface area contributed by atoms with Crippen molar-refractivity contribution in [2.24, 2.45) is 11.7 Å². The molecule has 3 nitrogen and oxygen atoms in total. The van der Waals surface area contributed by atoms with Crippen molar-refractivity contribution in [3.8, 4) is 0 Å². The van der Waals surface area contributed by atoms with Gasteiger partial charge in [-0.15, -0.1) is 0 Å². The minimum absolute atomic E-state index is 0.700. The van der Waals surface area contributed by atoms with Gasteiger partial charge in [-0.25, -0.2) is 4.98 Å². The molecule has 0 aliphatic heterocycles. The molecule has 3 rings (SSSR count). The lowest BCUT2D eigenvalue weighted by atomic mass is 9.94. The molecule has 3 heteroatoms. The van der Waals surface area contributed by atoms with Crippen molar-refractivity contribution in [2.75, 3.05) is 6.54 Å². The maximum Gasteiger partial charge on any atom is 0.110 e. The van der Waals surface area contributed by atoms with Gasteiger partial charge in [0.2, 0.25) is 0 Å². The summed E-state index contributed by atoms with van der Waals surface area (Å²) in [7, 11) is 0. The summed E-state index contributed by atoms with van der Waals surface area (Å²) >= 11 is 0. The fourth-order valence-electron chi connectivity index (χ4n) is 3.42. The predicted octanol–water partition coefficient (Wildman–Crippen LogP) is 4.07. The molecular formula is C18H27N3. The lowest BCUT2D eigenvalue weighted by molar-refractivity contribution is 0.414. The normalized spacial score (nSPS) is 16.5. The van der Waals surface area contributed by atoms with Crippen LogP contribution in [-0.2, 0) is 6.42 Å². The van der Waals surface area contributed by atoms with Crippen molar-refractivity contribution in [2.45, 2.75) is 57.9 Å². The highest BCUT2D eigenvalue weighted by atomic mass is 15.1. The van der Waals surface area contributed by atoms with Crippen LogP contribution < -0.4 is 5.73 Å². The van der Waals surface area contributed by atoms with E-state index in [0.29, 0.717) is 6.04 Å². The Kier molecular flexibility index (Phi) is 4.59. The first-order valence-corrected chi connectivity index (χ1v) is 8.49. The summed E-state index contributed by atoms with van der Waals surface area (Å²) < 4.78 is 2.50. The number of hydrogen-bond acceptors (Lipinski definition) is 2. The fraction of sp³-hybridized carbons (Fsp3) is 0.611. The number of nitrogens with two attached hydrogens (primary N) is 1. The van der Waals surface area contributed by atoms with Crippen LogP contribution in [0.1, 0.15) is 57.3 Å². The molecule has 1 fully saturated rings. The summed E-state index contributed by atoms with van der Waals surface area (Å²) in [4.78, 5) is 4.90. The number of para-hydroxylation sites is 2. The zero-order valence-electron chi connectivity index (χ0n) is 13.1. The lowest BCUT2D eigenvalue weighted by Gasteiger charge is -2.15. The molecule has 114 valence electrons. The summed E-state index contributed by atoms with van der Waals surface area (Å²) in [5.74, 6) is 2.05. The number of aromatic nitrogens is 2. The van der Waals surface area contributed by atoms with E-state index in [4.69, 9.17) is 10.7 Å². The van der Waals surface area contributed by atoms with Gasteiger partial charge in [0, 0.05) is 12.5 Å². The number of nitrogens with zero attached hydrogens (tertiary/aromatic N) is 2. The second kappa shape index (κ2) is 6.61. The van der Waals surface area contributed by atoms with Gasteiger partial charge in [-0.1, -0.05) is 31.9 Å². The van der Waals surface area contributed by atoms with Crippen molar-refractivity contribution in [3.05, 3.63) is 30.1 Å². The average Bonchev–Trinajstić information content (AvgIpc) is 3.26. The zero-order chi connectivity index (χ0) is 14.7. The summed E-state index contributed by atoms with van der Waals surface area (Å²) in [6.45, 7) is 3.08. The third kappa shape index (κ3) is 3.29. The molecule has 1 aliphatic carbocycles. The molecule has 21 heavy (non-hydrogen) atoms. The number of hydrogen-bond donors (Lipinski definition) is 1. The fourth-order valence-corrected chi connectivity index (χ4v) is 3.42. The van der Waals surface area contributed by atoms with E-state index in [-0.39, 0.29) is 0 Å². The molecular weight excluding hydrogens is 258 g/mol. The van der Waals surface area contributed by atoms with Gasteiger partial charge in [-0.2, -0.15) is 0 Å². The lowest BCUT2D eigenvalue weighted by Crippen LogP contribution is -2.11. The SMILES string of the molecule is CCCC(CCN)CCc1nc2ccccc2n1C1CC1. The van der Waals surface area contributed by atoms with Crippen LogP contribution in [0.3, 0.4) is 0 Å². The number of fused-ring (bicyclic) bond motifs is 1. The molecule has 1 aromatic heterocycles. The number of imidazole rings is 1. The van der Waals surface area contributed by atoms with Crippen molar-refractivity contribution >= 4 is 11.0 Å². The zero-order valence-corrected chi connectivity index (χ0v) is 13.1. The van der Waals surface area contributed by atoms with Crippen LogP contribution in [0.2, 0.25) is 0 Å². The summed E-state index contributed by atoms with van der Waals surface area (Å²) in [5, 5.41) is 0. The van der Waals surface area contributed by atoms with Crippen LogP contribution in [0, 0.1) is 5.92 Å². The van der Waals surface area contributed by atoms with Crippen molar-refractivity contribution in [1.29, 1.82) is 0 Å². The molecule has 1 heterocycles. The molecule has 1 saturated carbocycles. The highest BCUT2D eigenvalue weighted by Gasteiger charge is 2.28.